The van der Waals surface area contributed by atoms with Gasteiger partial charge in [0.25, 0.3) is 0 Å². The third-order valence-electron chi connectivity index (χ3n) is 2.07. The van der Waals surface area contributed by atoms with Crippen molar-refractivity contribution in [2.45, 2.75) is 13.8 Å². The fourth-order valence-corrected chi connectivity index (χ4v) is 1.35. The molecule has 20 heavy (non-hydrogen) atoms. The molecule has 1 nitrogen and oxygen atoms in total. The lowest BCUT2D eigenvalue weighted by Gasteiger charge is -1.99. The third kappa shape index (κ3) is 7.12. The molecular weight excluding hydrogens is 244 g/mol. The Hall–Kier alpha value is -2.41. The average Bonchev–Trinajstić information content (AvgIpc) is 2.50. The van der Waals surface area contributed by atoms with E-state index in [2.05, 4.69) is 13.2 Å². The summed E-state index contributed by atoms with van der Waals surface area (Å²) >= 11 is 0. The van der Waals surface area contributed by atoms with Crippen molar-refractivity contribution in [3.8, 4) is 0 Å². The summed E-state index contributed by atoms with van der Waals surface area (Å²) in [5, 5.41) is 0. The van der Waals surface area contributed by atoms with Gasteiger partial charge in [0.15, 0.2) is 5.78 Å². The van der Waals surface area contributed by atoms with E-state index in [0.717, 1.165) is 11.1 Å². The molecule has 2 aromatic carbocycles. The second-order valence-electron chi connectivity index (χ2n) is 3.88. The maximum atomic E-state index is 11.8. The maximum Gasteiger partial charge on any atom is 0.193 e. The third-order valence-corrected chi connectivity index (χ3v) is 2.07. The smallest absolute Gasteiger partial charge is 0.193 e. The molecule has 0 aliphatic carbocycles. The van der Waals surface area contributed by atoms with Gasteiger partial charge in [-0.25, -0.2) is 0 Å². The molecule has 2 rings (SSSR count). The topological polar surface area (TPSA) is 17.1 Å². The van der Waals surface area contributed by atoms with E-state index in [1.807, 2.05) is 74.5 Å². The fourth-order valence-electron chi connectivity index (χ4n) is 1.35. The summed E-state index contributed by atoms with van der Waals surface area (Å²) in [6, 6.07) is 18.6. The van der Waals surface area contributed by atoms with Crippen molar-refractivity contribution in [1.29, 1.82) is 0 Å². The number of ketones is 1. The summed E-state index contributed by atoms with van der Waals surface area (Å²) < 4.78 is 0. The second kappa shape index (κ2) is 11.7. The van der Waals surface area contributed by atoms with E-state index in [0.29, 0.717) is 0 Å². The Bertz CT molecular complexity index is 450. The molecule has 0 saturated heterocycles. The van der Waals surface area contributed by atoms with Crippen molar-refractivity contribution in [2.75, 3.05) is 0 Å². The summed E-state index contributed by atoms with van der Waals surface area (Å²) in [6.07, 6.45) is 3.50. The van der Waals surface area contributed by atoms with Gasteiger partial charge in [0.2, 0.25) is 0 Å². The Morgan fingerprint density at radius 1 is 0.750 bits per heavy atom. The Balaban J connectivity index is 0.000000520. The number of carbonyl (C=O) groups is 1. The number of benzene rings is 2. The number of carbonyl (C=O) groups excluding carboxylic acids is 1. The minimum atomic E-state index is 0.0752. The molecule has 0 fully saturated rings. The van der Waals surface area contributed by atoms with E-state index in [1.165, 1.54) is 0 Å². The lowest BCUT2D eigenvalue weighted by molar-refractivity contribution is 0.103. The molecule has 0 amide bonds. The van der Waals surface area contributed by atoms with Crippen molar-refractivity contribution in [3.63, 3.8) is 0 Å². The second-order valence-corrected chi connectivity index (χ2v) is 3.88. The molecule has 0 aromatic heterocycles. The Morgan fingerprint density at radius 2 is 1.00 bits per heavy atom. The van der Waals surface area contributed by atoms with Gasteiger partial charge in [0, 0.05) is 11.1 Å². The van der Waals surface area contributed by atoms with Gasteiger partial charge in [-0.1, -0.05) is 72.8 Å². The number of hydrogen-bond acceptors (Lipinski definition) is 1. The Labute approximate surface area is 122 Å². The molecule has 0 spiro atoms. The number of rotatable bonds is 2. The molecule has 0 atom stereocenters. The summed E-state index contributed by atoms with van der Waals surface area (Å²) in [5.74, 6) is 0.0752. The normalized spacial score (nSPS) is 8.10. The molecule has 0 heterocycles. The van der Waals surface area contributed by atoms with Crippen molar-refractivity contribution in [2.24, 2.45) is 0 Å². The van der Waals surface area contributed by atoms with E-state index in [9.17, 15) is 4.79 Å². The van der Waals surface area contributed by atoms with Crippen LogP contribution in [0.15, 0.2) is 86.0 Å². The lowest BCUT2D eigenvalue weighted by atomic mass is 10.0. The van der Waals surface area contributed by atoms with Crippen LogP contribution >= 0.6 is 0 Å². The van der Waals surface area contributed by atoms with E-state index < -0.39 is 0 Å². The van der Waals surface area contributed by atoms with Gasteiger partial charge in [-0.2, -0.15) is 0 Å². The van der Waals surface area contributed by atoms with Crippen molar-refractivity contribution >= 4 is 5.78 Å². The molecule has 104 valence electrons. The first-order valence-electron chi connectivity index (χ1n) is 6.50. The first-order chi connectivity index (χ1) is 9.71. The van der Waals surface area contributed by atoms with Gasteiger partial charge in [-0.05, 0) is 13.8 Å². The van der Waals surface area contributed by atoms with Crippen LogP contribution in [0.2, 0.25) is 0 Å². The van der Waals surface area contributed by atoms with Gasteiger partial charge >= 0.3 is 0 Å². The largest absolute Gasteiger partial charge is 0.289 e. The molecule has 0 bridgehead atoms. The molecule has 2 aromatic rings. The predicted octanol–water partition coefficient (Wildman–Crippen LogP) is 5.30. The quantitative estimate of drug-likeness (QED) is 0.532. The molecule has 0 radical (unpaired) electrons. The number of allylic oxidation sites excluding steroid dienone is 2. The van der Waals surface area contributed by atoms with E-state index in [1.54, 1.807) is 12.2 Å². The molecule has 1 heteroatoms. The first kappa shape index (κ1) is 17.6. The SMILES string of the molecule is C=CC.C=CC.O=C(c1ccccc1)c1ccccc1. The van der Waals surface area contributed by atoms with Gasteiger partial charge in [-0.15, -0.1) is 13.2 Å². The minimum absolute atomic E-state index is 0.0752. The summed E-state index contributed by atoms with van der Waals surface area (Å²) in [6.45, 7) is 10.5. The molecule has 0 N–H and O–H groups in total. The first-order valence-corrected chi connectivity index (χ1v) is 6.50. The summed E-state index contributed by atoms with van der Waals surface area (Å²) in [5.41, 5.74) is 1.47. The van der Waals surface area contributed by atoms with Crippen LogP contribution in [0.4, 0.5) is 0 Å². The standard InChI is InChI=1S/C13H10O.2C3H6/c14-13(11-7-3-1-4-8-11)12-9-5-2-6-10-12;2*1-3-2/h1-10H;2*3H,1H2,2H3. The van der Waals surface area contributed by atoms with Crippen LogP contribution in [0.25, 0.3) is 0 Å². The highest BCUT2D eigenvalue weighted by molar-refractivity contribution is 6.08. The van der Waals surface area contributed by atoms with Crippen LogP contribution in [0.5, 0.6) is 0 Å². The highest BCUT2D eigenvalue weighted by Crippen LogP contribution is 2.08. The zero-order valence-corrected chi connectivity index (χ0v) is 12.3. The zero-order chi connectivity index (χ0) is 15.2. The van der Waals surface area contributed by atoms with Crippen LogP contribution < -0.4 is 0 Å². The maximum absolute atomic E-state index is 11.8. The molecular formula is C19H22O. The molecule has 0 unspecified atom stereocenters. The van der Waals surface area contributed by atoms with Gasteiger partial charge < -0.3 is 0 Å². The van der Waals surface area contributed by atoms with Crippen LogP contribution in [-0.4, -0.2) is 5.78 Å². The predicted molar refractivity (Wildman–Crippen MR) is 88.1 cm³/mol. The lowest BCUT2D eigenvalue weighted by Crippen LogP contribution is -1.99. The summed E-state index contributed by atoms with van der Waals surface area (Å²) in [4.78, 5) is 11.8. The average molecular weight is 266 g/mol. The molecule has 0 aliphatic heterocycles. The van der Waals surface area contributed by atoms with Crippen LogP contribution in [0, 0.1) is 0 Å². The van der Waals surface area contributed by atoms with Gasteiger partial charge in [0.1, 0.15) is 0 Å². The van der Waals surface area contributed by atoms with Crippen molar-refractivity contribution < 1.29 is 4.79 Å². The number of hydrogen-bond donors (Lipinski definition) is 0. The molecule has 0 aliphatic rings. The van der Waals surface area contributed by atoms with E-state index in [4.69, 9.17) is 0 Å². The van der Waals surface area contributed by atoms with E-state index in [-0.39, 0.29) is 5.78 Å². The van der Waals surface area contributed by atoms with Crippen LogP contribution in [0.3, 0.4) is 0 Å². The minimum Gasteiger partial charge on any atom is -0.289 e. The van der Waals surface area contributed by atoms with Crippen molar-refractivity contribution in [1.82, 2.24) is 0 Å². The zero-order valence-electron chi connectivity index (χ0n) is 12.3. The van der Waals surface area contributed by atoms with Crippen LogP contribution in [0.1, 0.15) is 29.8 Å². The highest BCUT2D eigenvalue weighted by Gasteiger charge is 2.06. The summed E-state index contributed by atoms with van der Waals surface area (Å²) in [7, 11) is 0. The monoisotopic (exact) mass is 266 g/mol. The van der Waals surface area contributed by atoms with E-state index >= 15 is 0 Å². The van der Waals surface area contributed by atoms with Gasteiger partial charge in [0.05, 0.1) is 0 Å². The Morgan fingerprint density at radius 3 is 1.25 bits per heavy atom. The highest BCUT2D eigenvalue weighted by atomic mass is 16.1. The van der Waals surface area contributed by atoms with Crippen LogP contribution in [-0.2, 0) is 0 Å². The molecule has 0 saturated carbocycles. The van der Waals surface area contributed by atoms with Crippen molar-refractivity contribution in [3.05, 3.63) is 97.1 Å². The van der Waals surface area contributed by atoms with Gasteiger partial charge in [-0.3, -0.25) is 4.79 Å². The fraction of sp³-hybridized carbons (Fsp3) is 0.105. The Kier molecular flexibility index (Phi) is 10.3.